The minimum absolute atomic E-state index is 0.170. The van der Waals surface area contributed by atoms with Gasteiger partial charge in [0.25, 0.3) is 5.91 Å². The van der Waals surface area contributed by atoms with E-state index in [9.17, 15) is 23.1 Å². The van der Waals surface area contributed by atoms with Crippen LogP contribution in [0.15, 0.2) is 53.4 Å². The molecule has 142 valence electrons. The van der Waals surface area contributed by atoms with Crippen molar-refractivity contribution in [3.63, 3.8) is 0 Å². The first-order valence-corrected chi connectivity index (χ1v) is 10.3. The molecule has 0 saturated heterocycles. The fourth-order valence-corrected chi connectivity index (χ4v) is 4.36. The zero-order valence-corrected chi connectivity index (χ0v) is 15.8. The molecule has 0 unspecified atom stereocenters. The Morgan fingerprint density at radius 3 is 2.11 bits per heavy atom. The number of carboxylic acid groups (broad SMARTS) is 1. The first-order chi connectivity index (χ1) is 12.7. The topological polar surface area (TPSA) is 101 Å². The summed E-state index contributed by atoms with van der Waals surface area (Å²) in [6.45, 7) is 1.89. The average molecular weight is 387 g/mol. The summed E-state index contributed by atoms with van der Waals surface area (Å²) in [5.74, 6) is -1.66. The van der Waals surface area contributed by atoms with E-state index in [-0.39, 0.29) is 10.6 Å². The normalized spacial score (nSPS) is 15.6. The number of sulfone groups is 1. The summed E-state index contributed by atoms with van der Waals surface area (Å²) in [7, 11) is -3.48. The Morgan fingerprint density at radius 2 is 1.63 bits per heavy atom. The van der Waals surface area contributed by atoms with Gasteiger partial charge in [0, 0.05) is 5.56 Å². The Labute approximate surface area is 158 Å². The van der Waals surface area contributed by atoms with Gasteiger partial charge in [-0.1, -0.05) is 29.8 Å². The van der Waals surface area contributed by atoms with Crippen molar-refractivity contribution >= 4 is 21.7 Å². The third-order valence-electron chi connectivity index (χ3n) is 4.92. The summed E-state index contributed by atoms with van der Waals surface area (Å²) in [5, 5.41) is 11.9. The van der Waals surface area contributed by atoms with E-state index in [4.69, 9.17) is 0 Å². The van der Waals surface area contributed by atoms with Crippen LogP contribution < -0.4 is 5.32 Å². The van der Waals surface area contributed by atoms with Gasteiger partial charge in [0.2, 0.25) is 0 Å². The summed E-state index contributed by atoms with van der Waals surface area (Å²) in [4.78, 5) is 23.9. The third-order valence-corrected chi connectivity index (χ3v) is 6.63. The van der Waals surface area contributed by atoms with E-state index >= 15 is 0 Å². The minimum atomic E-state index is -3.48. The molecule has 6 nitrogen and oxygen atoms in total. The van der Waals surface area contributed by atoms with Crippen LogP contribution in [-0.2, 0) is 20.4 Å². The second-order valence-electron chi connectivity index (χ2n) is 6.96. The van der Waals surface area contributed by atoms with Crippen LogP contribution in [0, 0.1) is 6.92 Å². The number of carbonyl (C=O) groups excluding carboxylic acids is 1. The zero-order valence-electron chi connectivity index (χ0n) is 14.9. The van der Waals surface area contributed by atoms with E-state index in [1.54, 1.807) is 36.4 Å². The number of hydrogen-bond donors (Lipinski definition) is 2. The smallest absolute Gasteiger partial charge is 0.329 e. The number of nitrogens with one attached hydrogen (secondary N) is 1. The molecule has 27 heavy (non-hydrogen) atoms. The lowest BCUT2D eigenvalue weighted by molar-refractivity contribution is -0.148. The molecule has 2 N–H and O–H groups in total. The monoisotopic (exact) mass is 387 g/mol. The van der Waals surface area contributed by atoms with Gasteiger partial charge in [-0.25, -0.2) is 13.2 Å². The lowest BCUT2D eigenvalue weighted by Gasteiger charge is -2.38. The molecule has 0 spiro atoms. The SMILES string of the molecule is Cc1ccc(S(=O)(=O)Cc2ccc(C(=O)NC3(C(=O)O)CCC3)cc2)cc1. The van der Waals surface area contributed by atoms with Gasteiger partial charge in [0.1, 0.15) is 5.54 Å². The van der Waals surface area contributed by atoms with Gasteiger partial charge in [-0.05, 0) is 56.0 Å². The molecule has 0 radical (unpaired) electrons. The van der Waals surface area contributed by atoms with Crippen molar-refractivity contribution in [2.24, 2.45) is 0 Å². The Bertz CT molecular complexity index is 958. The van der Waals surface area contributed by atoms with Gasteiger partial charge in [0.05, 0.1) is 10.6 Å². The van der Waals surface area contributed by atoms with Crippen molar-refractivity contribution in [2.45, 2.75) is 42.4 Å². The summed E-state index contributed by atoms with van der Waals surface area (Å²) in [5.41, 5.74) is 0.669. The van der Waals surface area contributed by atoms with Crippen molar-refractivity contribution in [1.82, 2.24) is 5.32 Å². The first kappa shape index (κ1) is 19.1. The van der Waals surface area contributed by atoms with Gasteiger partial charge >= 0.3 is 5.97 Å². The third kappa shape index (κ3) is 4.03. The van der Waals surface area contributed by atoms with E-state index in [0.717, 1.165) is 12.0 Å². The highest BCUT2D eigenvalue weighted by Crippen LogP contribution is 2.32. The molecule has 0 atom stereocenters. The van der Waals surface area contributed by atoms with E-state index in [1.165, 1.54) is 12.1 Å². The van der Waals surface area contributed by atoms with Crippen LogP contribution in [0.5, 0.6) is 0 Å². The van der Waals surface area contributed by atoms with Crippen LogP contribution in [-0.4, -0.2) is 30.9 Å². The van der Waals surface area contributed by atoms with Crippen LogP contribution in [0.1, 0.15) is 40.7 Å². The van der Waals surface area contributed by atoms with Crippen molar-refractivity contribution in [1.29, 1.82) is 0 Å². The molecule has 0 aromatic heterocycles. The Kier molecular flexibility index (Phi) is 5.06. The number of amides is 1. The second-order valence-corrected chi connectivity index (χ2v) is 8.95. The lowest BCUT2D eigenvalue weighted by Crippen LogP contribution is -2.59. The summed E-state index contributed by atoms with van der Waals surface area (Å²) in [6, 6.07) is 12.8. The quantitative estimate of drug-likeness (QED) is 0.794. The van der Waals surface area contributed by atoms with Crippen LogP contribution >= 0.6 is 0 Å². The van der Waals surface area contributed by atoms with Gasteiger partial charge in [-0.3, -0.25) is 4.79 Å². The molecule has 2 aromatic carbocycles. The predicted molar refractivity (Wildman–Crippen MR) is 100 cm³/mol. The largest absolute Gasteiger partial charge is 0.480 e. The summed E-state index contributed by atoms with van der Waals surface area (Å²) < 4.78 is 25.0. The minimum Gasteiger partial charge on any atom is -0.480 e. The molecule has 7 heteroatoms. The van der Waals surface area contributed by atoms with Gasteiger partial charge in [0.15, 0.2) is 9.84 Å². The lowest BCUT2D eigenvalue weighted by atomic mass is 9.76. The number of rotatable bonds is 6. The molecule has 1 saturated carbocycles. The Balaban J connectivity index is 1.71. The Hall–Kier alpha value is -2.67. The maximum Gasteiger partial charge on any atom is 0.329 e. The molecule has 0 aliphatic heterocycles. The molecule has 1 aliphatic carbocycles. The number of hydrogen-bond acceptors (Lipinski definition) is 4. The molecule has 0 heterocycles. The van der Waals surface area contributed by atoms with Crippen LogP contribution in [0.4, 0.5) is 0 Å². The Morgan fingerprint density at radius 1 is 1.04 bits per heavy atom. The van der Waals surface area contributed by atoms with Gasteiger partial charge in [-0.2, -0.15) is 0 Å². The average Bonchev–Trinajstić information content (AvgIpc) is 2.58. The fraction of sp³-hybridized carbons (Fsp3) is 0.300. The zero-order chi connectivity index (χ0) is 19.7. The summed E-state index contributed by atoms with van der Waals surface area (Å²) >= 11 is 0. The predicted octanol–water partition coefficient (Wildman–Crippen LogP) is 2.71. The van der Waals surface area contributed by atoms with Crippen LogP contribution in [0.25, 0.3) is 0 Å². The van der Waals surface area contributed by atoms with E-state index in [0.29, 0.717) is 24.0 Å². The molecule has 1 fully saturated rings. The molecular weight excluding hydrogens is 366 g/mol. The number of carboxylic acids is 1. The number of benzene rings is 2. The van der Waals surface area contributed by atoms with Gasteiger partial charge < -0.3 is 10.4 Å². The van der Waals surface area contributed by atoms with Crippen molar-refractivity contribution in [3.8, 4) is 0 Å². The van der Waals surface area contributed by atoms with Gasteiger partial charge in [-0.15, -0.1) is 0 Å². The fourth-order valence-electron chi connectivity index (χ4n) is 3.01. The molecular formula is C20H21NO5S. The van der Waals surface area contributed by atoms with Crippen LogP contribution in [0.3, 0.4) is 0 Å². The number of aryl methyl sites for hydroxylation is 1. The molecule has 1 aliphatic rings. The molecule has 1 amide bonds. The van der Waals surface area contributed by atoms with E-state index in [1.807, 2.05) is 6.92 Å². The molecule has 3 rings (SSSR count). The van der Waals surface area contributed by atoms with Crippen molar-refractivity contribution in [2.75, 3.05) is 0 Å². The number of aliphatic carboxylic acids is 1. The van der Waals surface area contributed by atoms with Crippen molar-refractivity contribution in [3.05, 3.63) is 65.2 Å². The highest BCUT2D eigenvalue weighted by Gasteiger charge is 2.45. The van der Waals surface area contributed by atoms with Crippen molar-refractivity contribution < 1.29 is 23.1 Å². The first-order valence-electron chi connectivity index (χ1n) is 8.66. The maximum absolute atomic E-state index is 12.5. The van der Waals surface area contributed by atoms with Crippen LogP contribution in [0.2, 0.25) is 0 Å². The maximum atomic E-state index is 12.5. The highest BCUT2D eigenvalue weighted by atomic mass is 32.2. The second kappa shape index (κ2) is 7.15. The number of carbonyl (C=O) groups is 2. The van der Waals surface area contributed by atoms with E-state index in [2.05, 4.69) is 5.32 Å². The highest BCUT2D eigenvalue weighted by molar-refractivity contribution is 7.90. The van der Waals surface area contributed by atoms with E-state index < -0.39 is 27.3 Å². The molecule has 0 bridgehead atoms. The molecule has 2 aromatic rings. The standard InChI is InChI=1S/C20H21NO5S/c1-14-3-9-17(10-4-14)27(25,26)13-15-5-7-16(8-6-15)18(22)21-20(19(23)24)11-2-12-20/h3-10H,2,11-13H2,1H3,(H,21,22)(H,23,24). The summed E-state index contributed by atoms with van der Waals surface area (Å²) in [6.07, 6.45) is 1.60.